The van der Waals surface area contributed by atoms with E-state index in [1.165, 1.54) is 25.7 Å². The minimum atomic E-state index is 0.732. The Kier molecular flexibility index (Phi) is 7.88. The maximum absolute atomic E-state index is 5.45. The first-order valence-electron chi connectivity index (χ1n) is 6.32. The van der Waals surface area contributed by atoms with Gasteiger partial charge >= 0.3 is 0 Å². The standard InChI is InChI=1S/C12H25NO2/c1-2-3-8-14-10-11-15-9-7-13-12-5-4-6-12/h12-13H,2-11H2,1H3. The number of hydrogen-bond donors (Lipinski definition) is 1. The number of rotatable bonds is 10. The second kappa shape index (κ2) is 9.13. The van der Waals surface area contributed by atoms with Crippen molar-refractivity contribution in [1.82, 2.24) is 5.32 Å². The van der Waals surface area contributed by atoms with Crippen LogP contribution in [-0.4, -0.2) is 39.0 Å². The summed E-state index contributed by atoms with van der Waals surface area (Å²) in [6.45, 7) is 6.32. The van der Waals surface area contributed by atoms with Gasteiger partial charge in [0, 0.05) is 19.2 Å². The summed E-state index contributed by atoms with van der Waals surface area (Å²) in [6.07, 6.45) is 6.44. The molecule has 0 aromatic rings. The lowest BCUT2D eigenvalue weighted by molar-refractivity contribution is 0.0465. The third-order valence-electron chi connectivity index (χ3n) is 2.80. The van der Waals surface area contributed by atoms with Gasteiger partial charge in [0.15, 0.2) is 0 Å². The highest BCUT2D eigenvalue weighted by atomic mass is 16.5. The molecule has 90 valence electrons. The molecule has 1 saturated carbocycles. The van der Waals surface area contributed by atoms with E-state index in [-0.39, 0.29) is 0 Å². The fraction of sp³-hybridized carbons (Fsp3) is 1.00. The number of nitrogens with one attached hydrogen (secondary N) is 1. The summed E-state index contributed by atoms with van der Waals surface area (Å²) in [5, 5.41) is 3.46. The predicted octanol–water partition coefficient (Wildman–Crippen LogP) is 1.96. The van der Waals surface area contributed by atoms with Crippen LogP contribution >= 0.6 is 0 Å². The minimum absolute atomic E-state index is 0.732. The Hall–Kier alpha value is -0.120. The van der Waals surface area contributed by atoms with E-state index in [0.717, 1.165) is 45.4 Å². The molecule has 0 unspecified atom stereocenters. The van der Waals surface area contributed by atoms with Gasteiger partial charge < -0.3 is 14.8 Å². The maximum atomic E-state index is 5.45. The van der Waals surface area contributed by atoms with Gasteiger partial charge in [-0.3, -0.25) is 0 Å². The Morgan fingerprint density at radius 2 is 1.80 bits per heavy atom. The molecule has 3 nitrogen and oxygen atoms in total. The Balaban J connectivity index is 1.66. The van der Waals surface area contributed by atoms with Crippen molar-refractivity contribution in [2.75, 3.05) is 33.0 Å². The monoisotopic (exact) mass is 215 g/mol. The van der Waals surface area contributed by atoms with E-state index < -0.39 is 0 Å². The molecule has 0 aliphatic heterocycles. The second-order valence-corrected chi connectivity index (χ2v) is 4.16. The van der Waals surface area contributed by atoms with Crippen molar-refractivity contribution in [3.8, 4) is 0 Å². The maximum Gasteiger partial charge on any atom is 0.0701 e. The average molecular weight is 215 g/mol. The van der Waals surface area contributed by atoms with Crippen LogP contribution in [0.3, 0.4) is 0 Å². The van der Waals surface area contributed by atoms with Crippen LogP contribution in [0.2, 0.25) is 0 Å². The topological polar surface area (TPSA) is 30.5 Å². The molecule has 1 N–H and O–H groups in total. The lowest BCUT2D eigenvalue weighted by Gasteiger charge is -2.26. The highest BCUT2D eigenvalue weighted by molar-refractivity contribution is 4.75. The summed E-state index contributed by atoms with van der Waals surface area (Å²) >= 11 is 0. The zero-order chi connectivity index (χ0) is 10.8. The minimum Gasteiger partial charge on any atom is -0.379 e. The predicted molar refractivity (Wildman–Crippen MR) is 62.2 cm³/mol. The van der Waals surface area contributed by atoms with Crippen LogP contribution in [0.5, 0.6) is 0 Å². The van der Waals surface area contributed by atoms with Crippen molar-refractivity contribution in [3.05, 3.63) is 0 Å². The molecule has 0 radical (unpaired) electrons. The molecule has 1 rings (SSSR count). The van der Waals surface area contributed by atoms with E-state index in [2.05, 4.69) is 12.2 Å². The lowest BCUT2D eigenvalue weighted by Crippen LogP contribution is -2.37. The smallest absolute Gasteiger partial charge is 0.0701 e. The largest absolute Gasteiger partial charge is 0.379 e. The molecular weight excluding hydrogens is 190 g/mol. The van der Waals surface area contributed by atoms with Crippen molar-refractivity contribution in [2.45, 2.75) is 45.1 Å². The first-order valence-corrected chi connectivity index (χ1v) is 6.32. The molecular formula is C12H25NO2. The molecule has 0 spiro atoms. The zero-order valence-corrected chi connectivity index (χ0v) is 9.96. The van der Waals surface area contributed by atoms with Gasteiger partial charge in [-0.15, -0.1) is 0 Å². The van der Waals surface area contributed by atoms with Crippen LogP contribution in [-0.2, 0) is 9.47 Å². The fourth-order valence-corrected chi connectivity index (χ4v) is 1.52. The number of unbranched alkanes of at least 4 members (excludes halogenated alkanes) is 1. The fourth-order valence-electron chi connectivity index (χ4n) is 1.52. The van der Waals surface area contributed by atoms with Crippen LogP contribution in [0.25, 0.3) is 0 Å². The van der Waals surface area contributed by atoms with Crippen LogP contribution in [0.15, 0.2) is 0 Å². The zero-order valence-electron chi connectivity index (χ0n) is 9.96. The summed E-state index contributed by atoms with van der Waals surface area (Å²) in [7, 11) is 0. The number of ether oxygens (including phenoxy) is 2. The first-order chi connectivity index (χ1) is 7.43. The van der Waals surface area contributed by atoms with E-state index in [4.69, 9.17) is 9.47 Å². The van der Waals surface area contributed by atoms with Gasteiger partial charge in [-0.1, -0.05) is 19.8 Å². The van der Waals surface area contributed by atoms with Gasteiger partial charge in [0.2, 0.25) is 0 Å². The Labute approximate surface area is 93.5 Å². The summed E-state index contributed by atoms with van der Waals surface area (Å²) < 4.78 is 10.8. The molecule has 3 heteroatoms. The molecule has 1 aliphatic carbocycles. The van der Waals surface area contributed by atoms with Crippen LogP contribution in [0, 0.1) is 0 Å². The first kappa shape index (κ1) is 12.9. The van der Waals surface area contributed by atoms with Gasteiger partial charge in [0.25, 0.3) is 0 Å². The van der Waals surface area contributed by atoms with Gasteiger partial charge in [-0.25, -0.2) is 0 Å². The van der Waals surface area contributed by atoms with Crippen molar-refractivity contribution >= 4 is 0 Å². The molecule has 0 aromatic carbocycles. The van der Waals surface area contributed by atoms with Gasteiger partial charge in [-0.05, 0) is 19.3 Å². The average Bonchev–Trinajstić information content (AvgIpc) is 2.18. The third kappa shape index (κ3) is 6.88. The molecule has 1 aliphatic rings. The van der Waals surface area contributed by atoms with Gasteiger partial charge in [0.1, 0.15) is 0 Å². The summed E-state index contributed by atoms with van der Waals surface area (Å²) in [4.78, 5) is 0. The van der Waals surface area contributed by atoms with Crippen LogP contribution in [0.1, 0.15) is 39.0 Å². The lowest BCUT2D eigenvalue weighted by atomic mass is 9.93. The van der Waals surface area contributed by atoms with Crippen LogP contribution < -0.4 is 5.32 Å². The Morgan fingerprint density at radius 3 is 2.40 bits per heavy atom. The SMILES string of the molecule is CCCCOCCOCCNC1CCC1. The molecule has 1 fully saturated rings. The molecule has 0 amide bonds. The van der Waals surface area contributed by atoms with E-state index in [1.54, 1.807) is 0 Å². The molecule has 0 saturated heterocycles. The quantitative estimate of drug-likeness (QED) is 0.565. The number of hydrogen-bond acceptors (Lipinski definition) is 3. The third-order valence-corrected chi connectivity index (χ3v) is 2.80. The Bertz CT molecular complexity index is 138. The van der Waals surface area contributed by atoms with Crippen molar-refractivity contribution < 1.29 is 9.47 Å². The van der Waals surface area contributed by atoms with E-state index >= 15 is 0 Å². The summed E-state index contributed by atoms with van der Waals surface area (Å²) in [5.41, 5.74) is 0. The Morgan fingerprint density at radius 1 is 1.07 bits per heavy atom. The molecule has 0 aromatic heterocycles. The summed E-state index contributed by atoms with van der Waals surface area (Å²) in [5.74, 6) is 0. The molecule has 15 heavy (non-hydrogen) atoms. The molecule has 0 heterocycles. The van der Waals surface area contributed by atoms with Crippen molar-refractivity contribution in [1.29, 1.82) is 0 Å². The van der Waals surface area contributed by atoms with Gasteiger partial charge in [-0.2, -0.15) is 0 Å². The van der Waals surface area contributed by atoms with E-state index in [0.29, 0.717) is 0 Å². The highest BCUT2D eigenvalue weighted by Crippen LogP contribution is 2.17. The van der Waals surface area contributed by atoms with Crippen molar-refractivity contribution in [3.63, 3.8) is 0 Å². The summed E-state index contributed by atoms with van der Waals surface area (Å²) in [6, 6.07) is 0.773. The van der Waals surface area contributed by atoms with Crippen molar-refractivity contribution in [2.24, 2.45) is 0 Å². The highest BCUT2D eigenvalue weighted by Gasteiger charge is 2.15. The molecule has 0 atom stereocenters. The van der Waals surface area contributed by atoms with E-state index in [1.807, 2.05) is 0 Å². The van der Waals surface area contributed by atoms with E-state index in [9.17, 15) is 0 Å². The second-order valence-electron chi connectivity index (χ2n) is 4.16. The molecule has 0 bridgehead atoms. The normalized spacial score (nSPS) is 16.6. The van der Waals surface area contributed by atoms with Crippen LogP contribution in [0.4, 0.5) is 0 Å². The van der Waals surface area contributed by atoms with Gasteiger partial charge in [0.05, 0.1) is 19.8 Å².